The van der Waals surface area contributed by atoms with Crippen LogP contribution in [0, 0.1) is 5.92 Å². The fraction of sp³-hybridized carbons (Fsp3) is 0.625. The second-order valence-corrected chi connectivity index (χ2v) is 6.15. The van der Waals surface area contributed by atoms with Crippen molar-refractivity contribution in [2.24, 2.45) is 5.92 Å². The predicted octanol–water partition coefficient (Wildman–Crippen LogP) is 4.09. The maximum atomic E-state index is 4.58. The molecule has 0 radical (unpaired) electrons. The van der Waals surface area contributed by atoms with Gasteiger partial charge in [-0.05, 0) is 24.3 Å². The molecule has 0 amide bonds. The van der Waals surface area contributed by atoms with Gasteiger partial charge in [0.2, 0.25) is 0 Å². The Morgan fingerprint density at radius 1 is 1.20 bits per heavy atom. The van der Waals surface area contributed by atoms with Crippen molar-refractivity contribution in [3.8, 4) is 0 Å². The van der Waals surface area contributed by atoms with Crippen LogP contribution in [-0.2, 0) is 0 Å². The molecule has 0 unspecified atom stereocenters. The molecule has 2 aromatic heterocycles. The average molecular weight is 274 g/mol. The van der Waals surface area contributed by atoms with Crippen molar-refractivity contribution < 1.29 is 0 Å². The minimum absolute atomic E-state index is 0.439. The zero-order valence-corrected chi connectivity index (χ0v) is 13.1. The molecule has 2 rings (SSSR count). The second-order valence-electron chi connectivity index (χ2n) is 6.15. The van der Waals surface area contributed by atoms with Gasteiger partial charge in [-0.25, -0.2) is 9.50 Å². The number of nitrogens with zero attached hydrogens (tertiary/aromatic N) is 3. The summed E-state index contributed by atoms with van der Waals surface area (Å²) in [6, 6.07) is 2.13. The van der Waals surface area contributed by atoms with Crippen molar-refractivity contribution in [2.45, 2.75) is 52.9 Å². The molecule has 2 aromatic rings. The summed E-state index contributed by atoms with van der Waals surface area (Å²) in [6.45, 7) is 9.84. The Kier molecular flexibility index (Phi) is 4.99. The first kappa shape index (κ1) is 14.8. The summed E-state index contributed by atoms with van der Waals surface area (Å²) in [6.07, 6.45) is 7.46. The van der Waals surface area contributed by atoms with E-state index in [2.05, 4.69) is 49.2 Å². The van der Waals surface area contributed by atoms with E-state index in [4.69, 9.17) is 0 Å². The highest BCUT2D eigenvalue weighted by Crippen LogP contribution is 2.19. The lowest BCUT2D eigenvalue weighted by molar-refractivity contribution is 0.544. The topological polar surface area (TPSA) is 42.2 Å². The first-order valence-corrected chi connectivity index (χ1v) is 7.66. The maximum absolute atomic E-state index is 4.58. The number of rotatable bonds is 7. The number of nitrogens with one attached hydrogen (secondary N) is 1. The Labute approximate surface area is 121 Å². The van der Waals surface area contributed by atoms with E-state index in [1.807, 2.05) is 10.7 Å². The molecule has 0 saturated carbocycles. The van der Waals surface area contributed by atoms with Crippen LogP contribution >= 0.6 is 0 Å². The quantitative estimate of drug-likeness (QED) is 0.773. The van der Waals surface area contributed by atoms with Crippen LogP contribution in [0.25, 0.3) is 5.52 Å². The van der Waals surface area contributed by atoms with Crippen molar-refractivity contribution in [1.29, 1.82) is 0 Å². The van der Waals surface area contributed by atoms with Gasteiger partial charge in [-0.1, -0.05) is 40.5 Å². The number of fused-ring (bicyclic) bond motifs is 1. The van der Waals surface area contributed by atoms with Crippen molar-refractivity contribution in [3.05, 3.63) is 24.2 Å². The highest BCUT2D eigenvalue weighted by molar-refractivity contribution is 5.67. The van der Waals surface area contributed by atoms with Gasteiger partial charge < -0.3 is 5.32 Å². The summed E-state index contributed by atoms with van der Waals surface area (Å²) >= 11 is 0. The van der Waals surface area contributed by atoms with Gasteiger partial charge in [0.05, 0.1) is 5.69 Å². The van der Waals surface area contributed by atoms with Gasteiger partial charge in [-0.2, -0.15) is 5.10 Å². The molecular formula is C16H26N4. The van der Waals surface area contributed by atoms with Crippen molar-refractivity contribution in [3.63, 3.8) is 0 Å². The first-order chi connectivity index (χ1) is 9.58. The Bertz CT molecular complexity index is 542. The lowest BCUT2D eigenvalue weighted by atomic mass is 10.1. The second kappa shape index (κ2) is 6.73. The van der Waals surface area contributed by atoms with Gasteiger partial charge in [0.15, 0.2) is 5.82 Å². The van der Waals surface area contributed by atoms with Gasteiger partial charge in [-0.3, -0.25) is 0 Å². The van der Waals surface area contributed by atoms with E-state index in [-0.39, 0.29) is 0 Å². The van der Waals surface area contributed by atoms with Crippen LogP contribution in [0.4, 0.5) is 5.82 Å². The normalized spacial score (nSPS) is 11.7. The Morgan fingerprint density at radius 3 is 2.70 bits per heavy atom. The van der Waals surface area contributed by atoms with Crippen molar-refractivity contribution in [2.75, 3.05) is 11.9 Å². The molecule has 0 spiro atoms. The summed E-state index contributed by atoms with van der Waals surface area (Å²) in [5.41, 5.74) is 2.18. The molecule has 0 aromatic carbocycles. The number of aromatic nitrogens is 3. The van der Waals surface area contributed by atoms with E-state index < -0.39 is 0 Å². The molecule has 20 heavy (non-hydrogen) atoms. The smallest absolute Gasteiger partial charge is 0.152 e. The van der Waals surface area contributed by atoms with E-state index in [9.17, 15) is 0 Å². The zero-order chi connectivity index (χ0) is 14.5. The summed E-state index contributed by atoms with van der Waals surface area (Å²) < 4.78 is 1.92. The first-order valence-electron chi connectivity index (χ1n) is 7.66. The van der Waals surface area contributed by atoms with Crippen LogP contribution < -0.4 is 5.32 Å². The highest BCUT2D eigenvalue weighted by Gasteiger charge is 2.09. The van der Waals surface area contributed by atoms with Crippen LogP contribution in [0.15, 0.2) is 18.5 Å². The van der Waals surface area contributed by atoms with Crippen LogP contribution in [0.5, 0.6) is 0 Å². The molecule has 1 N–H and O–H groups in total. The fourth-order valence-corrected chi connectivity index (χ4v) is 2.24. The zero-order valence-electron chi connectivity index (χ0n) is 13.1. The van der Waals surface area contributed by atoms with E-state index in [1.165, 1.54) is 19.3 Å². The molecule has 2 heterocycles. The number of hydrogen-bond donors (Lipinski definition) is 1. The van der Waals surface area contributed by atoms with Gasteiger partial charge in [0, 0.05) is 18.9 Å². The van der Waals surface area contributed by atoms with Crippen molar-refractivity contribution >= 4 is 11.3 Å². The standard InChI is InChI=1S/C16H26N4/c1-12(2)7-5-6-8-17-16-15-11-14(13(3)4)19-20(15)10-9-18-16/h9-13H,5-8H2,1-4H3,(H,17,18). The molecule has 0 aliphatic carbocycles. The van der Waals surface area contributed by atoms with Crippen molar-refractivity contribution in [1.82, 2.24) is 14.6 Å². The molecule has 0 bridgehead atoms. The molecule has 0 fully saturated rings. The fourth-order valence-electron chi connectivity index (χ4n) is 2.24. The third-order valence-electron chi connectivity index (χ3n) is 3.50. The minimum Gasteiger partial charge on any atom is -0.368 e. The molecule has 0 saturated heterocycles. The van der Waals surface area contributed by atoms with E-state index in [1.54, 1.807) is 6.20 Å². The highest BCUT2D eigenvalue weighted by atomic mass is 15.2. The van der Waals surface area contributed by atoms with Crippen LogP contribution in [-0.4, -0.2) is 21.1 Å². The lowest BCUT2D eigenvalue weighted by Crippen LogP contribution is -2.05. The molecule has 110 valence electrons. The van der Waals surface area contributed by atoms with E-state index in [0.717, 1.165) is 29.5 Å². The monoisotopic (exact) mass is 274 g/mol. The van der Waals surface area contributed by atoms with Gasteiger partial charge in [-0.15, -0.1) is 0 Å². The Hall–Kier alpha value is -1.58. The molecule has 0 atom stereocenters. The summed E-state index contributed by atoms with van der Waals surface area (Å²) in [5.74, 6) is 2.17. The largest absolute Gasteiger partial charge is 0.368 e. The molecular weight excluding hydrogens is 248 g/mol. The average Bonchev–Trinajstić information content (AvgIpc) is 2.83. The SMILES string of the molecule is CC(C)CCCCNc1nccn2nc(C(C)C)cc12. The predicted molar refractivity (Wildman–Crippen MR) is 84.3 cm³/mol. The lowest BCUT2D eigenvalue weighted by Gasteiger charge is -2.07. The van der Waals surface area contributed by atoms with Gasteiger partial charge >= 0.3 is 0 Å². The van der Waals surface area contributed by atoms with Gasteiger partial charge in [0.1, 0.15) is 5.52 Å². The number of unbranched alkanes of at least 4 members (excludes halogenated alkanes) is 1. The van der Waals surface area contributed by atoms with Gasteiger partial charge in [0.25, 0.3) is 0 Å². The minimum atomic E-state index is 0.439. The number of hydrogen-bond acceptors (Lipinski definition) is 3. The third-order valence-corrected chi connectivity index (χ3v) is 3.50. The maximum Gasteiger partial charge on any atom is 0.152 e. The Morgan fingerprint density at radius 2 is 2.00 bits per heavy atom. The van der Waals surface area contributed by atoms with Crippen LogP contribution in [0.1, 0.15) is 58.6 Å². The Balaban J connectivity index is 1.99. The van der Waals surface area contributed by atoms with Crippen LogP contribution in [0.2, 0.25) is 0 Å². The van der Waals surface area contributed by atoms with Crippen LogP contribution in [0.3, 0.4) is 0 Å². The summed E-state index contributed by atoms with van der Waals surface area (Å²) in [4.78, 5) is 4.44. The third kappa shape index (κ3) is 3.71. The molecule has 0 aliphatic heterocycles. The summed E-state index contributed by atoms with van der Waals surface area (Å²) in [7, 11) is 0. The molecule has 4 nitrogen and oxygen atoms in total. The molecule has 4 heteroatoms. The van der Waals surface area contributed by atoms with E-state index in [0.29, 0.717) is 5.92 Å². The molecule has 0 aliphatic rings. The number of anilines is 1. The van der Waals surface area contributed by atoms with E-state index >= 15 is 0 Å². The summed E-state index contributed by atoms with van der Waals surface area (Å²) in [5, 5.41) is 8.02.